The Morgan fingerprint density at radius 1 is 1.18 bits per heavy atom. The molecule has 0 unspecified atom stereocenters. The fourth-order valence-electron chi connectivity index (χ4n) is 4.13. The molecule has 5 rings (SSSR count). The second-order valence-corrected chi connectivity index (χ2v) is 10.1. The van der Waals surface area contributed by atoms with Gasteiger partial charge in [-0.05, 0) is 43.2 Å². The zero-order chi connectivity index (χ0) is 23.1. The van der Waals surface area contributed by atoms with E-state index in [1.165, 1.54) is 29.2 Å². The Labute approximate surface area is 198 Å². The molecule has 0 spiro atoms. The largest absolute Gasteiger partial charge is 0.340 e. The van der Waals surface area contributed by atoms with E-state index < -0.39 is 5.92 Å². The standard InChI is InChI=1S/C25H21FN4OS2/c1-3-21-28-29-25(33-21)22-23(31)20(32-24(22)27)12-18-14(2)30(19-10-5-4-9-17(18)19)13-15-7-6-8-16(26)11-15/h4-12,22,27H,3,13H2,1-2H3/b20-12-,27-24?/t22-/m1/s1. The van der Waals surface area contributed by atoms with Crippen LogP contribution in [0.4, 0.5) is 4.39 Å². The first kappa shape index (κ1) is 21.7. The molecule has 0 aliphatic carbocycles. The van der Waals surface area contributed by atoms with Crippen molar-refractivity contribution in [3.05, 3.63) is 86.1 Å². The molecule has 1 N–H and O–H groups in total. The number of aromatic nitrogens is 3. The fourth-order valence-corrected chi connectivity index (χ4v) is 6.07. The number of carbonyl (C=O) groups excluding carboxylic acids is 1. The molecular formula is C25H21FN4OS2. The number of thioether (sulfide) groups is 1. The maximum Gasteiger partial charge on any atom is 0.186 e. The summed E-state index contributed by atoms with van der Waals surface area (Å²) in [4.78, 5) is 13.8. The van der Waals surface area contributed by atoms with Gasteiger partial charge in [-0.2, -0.15) is 0 Å². The highest BCUT2D eigenvalue weighted by Crippen LogP contribution is 2.42. The number of fused-ring (bicyclic) bond motifs is 1. The normalized spacial score (nSPS) is 17.5. The van der Waals surface area contributed by atoms with Crippen LogP contribution in [0.25, 0.3) is 17.0 Å². The average Bonchev–Trinajstić information content (AvgIpc) is 3.45. The summed E-state index contributed by atoms with van der Waals surface area (Å²) in [5.41, 5.74) is 3.82. The van der Waals surface area contributed by atoms with Crippen LogP contribution in [-0.4, -0.2) is 25.6 Å². The van der Waals surface area contributed by atoms with Crippen LogP contribution in [0.3, 0.4) is 0 Å². The Kier molecular flexibility index (Phi) is 5.72. The summed E-state index contributed by atoms with van der Waals surface area (Å²) in [5.74, 6) is -1.03. The third-order valence-corrected chi connectivity index (χ3v) is 7.93. The highest BCUT2D eigenvalue weighted by atomic mass is 32.2. The predicted octanol–water partition coefficient (Wildman–Crippen LogP) is 5.97. The van der Waals surface area contributed by atoms with E-state index in [1.54, 1.807) is 12.1 Å². The minimum atomic E-state index is -0.667. The molecule has 0 amide bonds. The van der Waals surface area contributed by atoms with Crippen LogP contribution in [0, 0.1) is 18.2 Å². The van der Waals surface area contributed by atoms with E-state index in [0.29, 0.717) is 16.5 Å². The number of rotatable bonds is 5. The fraction of sp³-hybridized carbons (Fsp3) is 0.200. The molecule has 2 aromatic carbocycles. The lowest BCUT2D eigenvalue weighted by Gasteiger charge is -2.09. The zero-order valence-corrected chi connectivity index (χ0v) is 19.8. The molecule has 0 bridgehead atoms. The van der Waals surface area contributed by atoms with Crippen LogP contribution in [0.1, 0.15) is 39.7 Å². The van der Waals surface area contributed by atoms with Gasteiger partial charge in [-0.1, -0.05) is 49.0 Å². The summed E-state index contributed by atoms with van der Waals surface area (Å²) in [6, 6.07) is 14.6. The summed E-state index contributed by atoms with van der Waals surface area (Å²) >= 11 is 2.59. The molecule has 5 nitrogen and oxygen atoms in total. The quantitative estimate of drug-likeness (QED) is 0.360. The Morgan fingerprint density at radius 2 is 2.00 bits per heavy atom. The van der Waals surface area contributed by atoms with Crippen LogP contribution in [0.15, 0.2) is 53.4 Å². The molecule has 4 aromatic rings. The number of halogens is 1. The minimum absolute atomic E-state index is 0.106. The van der Waals surface area contributed by atoms with E-state index in [0.717, 1.165) is 39.2 Å². The number of para-hydroxylation sites is 1. The van der Waals surface area contributed by atoms with Gasteiger partial charge in [-0.25, -0.2) is 4.39 Å². The number of hydrogen-bond acceptors (Lipinski definition) is 6. The number of ketones is 1. The van der Waals surface area contributed by atoms with Crippen molar-refractivity contribution in [2.24, 2.45) is 0 Å². The summed E-state index contributed by atoms with van der Waals surface area (Å²) in [5, 5.41) is 19.5. The van der Waals surface area contributed by atoms with Gasteiger partial charge in [-0.15, -0.1) is 21.5 Å². The number of nitrogens with zero attached hydrogens (tertiary/aromatic N) is 3. The van der Waals surface area contributed by atoms with Crippen molar-refractivity contribution in [3.63, 3.8) is 0 Å². The second-order valence-electron chi connectivity index (χ2n) is 7.89. The van der Waals surface area contributed by atoms with Gasteiger partial charge in [0, 0.05) is 28.7 Å². The second kappa shape index (κ2) is 8.68. The average molecular weight is 477 g/mol. The van der Waals surface area contributed by atoms with Crippen molar-refractivity contribution in [1.82, 2.24) is 14.8 Å². The molecule has 0 saturated carbocycles. The van der Waals surface area contributed by atoms with Crippen LogP contribution in [0.5, 0.6) is 0 Å². The van der Waals surface area contributed by atoms with Gasteiger partial charge >= 0.3 is 0 Å². The van der Waals surface area contributed by atoms with Crippen LogP contribution in [-0.2, 0) is 17.8 Å². The lowest BCUT2D eigenvalue weighted by atomic mass is 10.0. The number of hydrogen-bond donors (Lipinski definition) is 1. The molecule has 1 atom stereocenters. The van der Waals surface area contributed by atoms with Crippen molar-refractivity contribution in [1.29, 1.82) is 5.41 Å². The van der Waals surface area contributed by atoms with Crippen molar-refractivity contribution < 1.29 is 9.18 Å². The van der Waals surface area contributed by atoms with E-state index >= 15 is 0 Å². The van der Waals surface area contributed by atoms with Crippen molar-refractivity contribution in [3.8, 4) is 0 Å². The molecule has 1 saturated heterocycles. The van der Waals surface area contributed by atoms with Crippen molar-refractivity contribution in [2.45, 2.75) is 32.7 Å². The Bertz CT molecular complexity index is 1440. The van der Waals surface area contributed by atoms with Gasteiger partial charge in [-0.3, -0.25) is 10.2 Å². The monoisotopic (exact) mass is 476 g/mol. The number of allylic oxidation sites excluding steroid dienone is 1. The molecule has 1 aliphatic rings. The maximum absolute atomic E-state index is 13.8. The lowest BCUT2D eigenvalue weighted by Crippen LogP contribution is -2.11. The SMILES string of the molecule is CCc1nnc([C@H]2C(=N)S/C(=C\c3c(C)n(Cc4cccc(F)c4)c4ccccc34)C2=O)s1. The maximum atomic E-state index is 13.8. The van der Waals surface area contributed by atoms with Crippen LogP contribution >= 0.6 is 23.1 Å². The number of carbonyl (C=O) groups is 1. The van der Waals surface area contributed by atoms with E-state index in [2.05, 4.69) is 14.8 Å². The highest BCUT2D eigenvalue weighted by Gasteiger charge is 2.39. The summed E-state index contributed by atoms with van der Waals surface area (Å²) in [6.45, 7) is 4.53. The van der Waals surface area contributed by atoms with Gasteiger partial charge in [0.2, 0.25) is 0 Å². The van der Waals surface area contributed by atoms with Gasteiger partial charge in [0.25, 0.3) is 0 Å². The van der Waals surface area contributed by atoms with Crippen LogP contribution in [0.2, 0.25) is 0 Å². The molecule has 166 valence electrons. The van der Waals surface area contributed by atoms with E-state index in [4.69, 9.17) is 5.41 Å². The zero-order valence-electron chi connectivity index (χ0n) is 18.1. The topological polar surface area (TPSA) is 71.6 Å². The first-order valence-electron chi connectivity index (χ1n) is 10.6. The third-order valence-electron chi connectivity index (χ3n) is 5.80. The van der Waals surface area contributed by atoms with E-state index in [1.807, 2.05) is 50.3 Å². The van der Waals surface area contributed by atoms with Gasteiger partial charge in [0.1, 0.15) is 21.8 Å². The molecule has 8 heteroatoms. The first-order chi connectivity index (χ1) is 16.0. The van der Waals surface area contributed by atoms with Crippen molar-refractivity contribution in [2.75, 3.05) is 0 Å². The Balaban J connectivity index is 1.56. The third kappa shape index (κ3) is 3.94. The molecular weight excluding hydrogens is 455 g/mol. The van der Waals surface area contributed by atoms with Gasteiger partial charge in [0.15, 0.2) is 5.78 Å². The highest BCUT2D eigenvalue weighted by molar-refractivity contribution is 8.19. The number of aryl methyl sites for hydroxylation is 1. The van der Waals surface area contributed by atoms with Crippen LogP contribution < -0.4 is 0 Å². The summed E-state index contributed by atoms with van der Waals surface area (Å²) < 4.78 is 15.9. The molecule has 2 aromatic heterocycles. The first-order valence-corrected chi connectivity index (χ1v) is 12.3. The Hall–Kier alpha value is -3.10. The predicted molar refractivity (Wildman–Crippen MR) is 133 cm³/mol. The minimum Gasteiger partial charge on any atom is -0.340 e. The van der Waals surface area contributed by atoms with E-state index in [-0.39, 0.29) is 16.6 Å². The van der Waals surface area contributed by atoms with E-state index in [9.17, 15) is 9.18 Å². The molecule has 3 heterocycles. The van der Waals surface area contributed by atoms with Gasteiger partial charge < -0.3 is 4.57 Å². The molecule has 1 fully saturated rings. The molecule has 33 heavy (non-hydrogen) atoms. The molecule has 0 radical (unpaired) electrons. The number of Topliss-reactive ketones (excluding diaryl/α,β-unsaturated/α-hetero) is 1. The van der Waals surface area contributed by atoms with Gasteiger partial charge in [0.05, 0.1) is 9.95 Å². The Morgan fingerprint density at radius 3 is 2.76 bits per heavy atom. The lowest BCUT2D eigenvalue weighted by molar-refractivity contribution is -0.114. The summed E-state index contributed by atoms with van der Waals surface area (Å²) in [6.07, 6.45) is 2.65. The van der Waals surface area contributed by atoms with Crippen molar-refractivity contribution >= 4 is 50.9 Å². The molecule has 1 aliphatic heterocycles. The number of nitrogens with one attached hydrogen (secondary N) is 1. The smallest absolute Gasteiger partial charge is 0.186 e. The summed E-state index contributed by atoms with van der Waals surface area (Å²) in [7, 11) is 0. The number of benzene rings is 2.